The molecule has 37 heavy (non-hydrogen) atoms. The summed E-state index contributed by atoms with van der Waals surface area (Å²) in [6.45, 7) is 4.57. The molecule has 1 saturated heterocycles. The maximum absolute atomic E-state index is 13.9. The number of hydrogen-bond acceptors (Lipinski definition) is 7. The van der Waals surface area contributed by atoms with Crippen molar-refractivity contribution in [2.24, 2.45) is 0 Å². The van der Waals surface area contributed by atoms with Gasteiger partial charge in [-0.05, 0) is 56.3 Å². The van der Waals surface area contributed by atoms with Crippen LogP contribution in [0.5, 0.6) is 11.5 Å². The van der Waals surface area contributed by atoms with Gasteiger partial charge in [-0.15, -0.1) is 0 Å². The predicted molar refractivity (Wildman–Crippen MR) is 139 cm³/mol. The zero-order valence-corrected chi connectivity index (χ0v) is 21.2. The van der Waals surface area contributed by atoms with Gasteiger partial charge in [0.05, 0.1) is 22.7 Å². The van der Waals surface area contributed by atoms with Crippen molar-refractivity contribution in [3.8, 4) is 17.2 Å². The summed E-state index contributed by atoms with van der Waals surface area (Å²) in [5.74, 6) is -0.0539. The summed E-state index contributed by atoms with van der Waals surface area (Å²) in [7, 11) is -3.39. The van der Waals surface area contributed by atoms with E-state index in [0.717, 1.165) is 15.6 Å². The van der Waals surface area contributed by atoms with Gasteiger partial charge in [-0.1, -0.05) is 12.1 Å². The quantitative estimate of drug-likeness (QED) is 0.381. The Balaban J connectivity index is 1.54. The molecule has 0 radical (unpaired) electrons. The largest absolute Gasteiger partial charge is 0.449 e. The van der Waals surface area contributed by atoms with Gasteiger partial charge < -0.3 is 9.64 Å². The average Bonchev–Trinajstić information content (AvgIpc) is 2.89. The first kappa shape index (κ1) is 24.8. The molecule has 9 nitrogen and oxygen atoms in total. The van der Waals surface area contributed by atoms with Crippen molar-refractivity contribution < 1.29 is 17.5 Å². The van der Waals surface area contributed by atoms with Crippen molar-refractivity contribution in [1.82, 2.24) is 19.1 Å². The molecular formula is C26H26FN5O4S. The normalized spacial score (nSPS) is 14.9. The van der Waals surface area contributed by atoms with Crippen LogP contribution in [0.4, 0.5) is 10.1 Å². The summed E-state index contributed by atoms with van der Waals surface area (Å²) in [5, 5.41) is 4.61. The number of pyridine rings is 1. The van der Waals surface area contributed by atoms with Crippen molar-refractivity contribution in [3.63, 3.8) is 0 Å². The van der Waals surface area contributed by atoms with Crippen molar-refractivity contribution in [2.45, 2.75) is 19.1 Å². The number of aromatic nitrogens is 3. The number of piperazine rings is 1. The van der Waals surface area contributed by atoms with Gasteiger partial charge in [-0.3, -0.25) is 9.78 Å². The fraction of sp³-hybridized carbons (Fsp3) is 0.269. The second-order valence-corrected chi connectivity index (χ2v) is 11.5. The lowest BCUT2D eigenvalue weighted by atomic mass is 10.2. The Morgan fingerprint density at radius 2 is 1.78 bits per heavy atom. The Labute approximate surface area is 213 Å². The lowest BCUT2D eigenvalue weighted by molar-refractivity contribution is 0.378. The number of fused-ring (bicyclic) bond motifs is 1. The van der Waals surface area contributed by atoms with Gasteiger partial charge in [0.15, 0.2) is 0 Å². The van der Waals surface area contributed by atoms with Gasteiger partial charge in [0.2, 0.25) is 15.8 Å². The number of rotatable bonds is 6. The van der Waals surface area contributed by atoms with Crippen LogP contribution < -0.4 is 15.2 Å². The molecule has 0 N–H and O–H groups in total. The minimum Gasteiger partial charge on any atom is -0.449 e. The highest BCUT2D eigenvalue weighted by molar-refractivity contribution is 7.89. The fourth-order valence-electron chi connectivity index (χ4n) is 4.26. The number of benzene rings is 2. The smallest absolute Gasteiger partial charge is 0.316 e. The third-order valence-electron chi connectivity index (χ3n) is 6.30. The number of ether oxygens (including phenoxy) is 1. The molecule has 4 aromatic rings. The highest BCUT2D eigenvalue weighted by Gasteiger charge is 2.31. The first-order valence-electron chi connectivity index (χ1n) is 11.9. The Morgan fingerprint density at radius 1 is 1.00 bits per heavy atom. The average molecular weight is 524 g/mol. The molecule has 11 heteroatoms. The molecule has 1 aliphatic heterocycles. The molecular weight excluding hydrogens is 497 g/mol. The zero-order chi connectivity index (χ0) is 26.2. The van der Waals surface area contributed by atoms with Crippen molar-refractivity contribution in [3.05, 3.63) is 83.2 Å². The van der Waals surface area contributed by atoms with Crippen LogP contribution in [0.15, 0.2) is 71.8 Å². The SMILES string of the molecule is CC(C)S(=O)(=O)N1CCN(c2cnn(-c3cccc(F)c3)c(=O)c2Oc2ccc3ncccc3c2)CC1. The summed E-state index contributed by atoms with van der Waals surface area (Å²) in [6.07, 6.45) is 3.19. The number of halogens is 1. The zero-order valence-electron chi connectivity index (χ0n) is 20.4. The second kappa shape index (κ2) is 9.91. The van der Waals surface area contributed by atoms with E-state index in [-0.39, 0.29) is 24.5 Å². The molecule has 0 atom stereocenters. The van der Waals surface area contributed by atoms with Crippen molar-refractivity contribution in [1.29, 1.82) is 0 Å². The van der Waals surface area contributed by atoms with Crippen LogP contribution in [0.1, 0.15) is 13.8 Å². The van der Waals surface area contributed by atoms with Gasteiger partial charge in [-0.2, -0.15) is 14.1 Å². The highest BCUT2D eigenvalue weighted by Crippen LogP contribution is 2.31. The van der Waals surface area contributed by atoms with E-state index >= 15 is 0 Å². The molecule has 2 aromatic heterocycles. The maximum Gasteiger partial charge on any atom is 0.316 e. The Kier molecular flexibility index (Phi) is 6.65. The number of nitrogens with zero attached hydrogens (tertiary/aromatic N) is 5. The topological polar surface area (TPSA) is 97.6 Å². The third kappa shape index (κ3) is 4.92. The number of sulfonamides is 1. The molecule has 0 saturated carbocycles. The maximum atomic E-state index is 13.9. The van der Waals surface area contributed by atoms with E-state index in [2.05, 4.69) is 10.1 Å². The van der Waals surface area contributed by atoms with E-state index in [9.17, 15) is 17.6 Å². The minimum atomic E-state index is -3.39. The molecule has 5 rings (SSSR count). The van der Waals surface area contributed by atoms with Gasteiger partial charge in [-0.25, -0.2) is 12.8 Å². The van der Waals surface area contributed by atoms with Crippen LogP contribution in [-0.2, 0) is 10.0 Å². The Hall–Kier alpha value is -3.83. The first-order valence-corrected chi connectivity index (χ1v) is 13.4. The highest BCUT2D eigenvalue weighted by atomic mass is 32.2. The standard InChI is InChI=1S/C26H26FN5O4S/c1-18(2)37(34,35)31-13-11-30(12-14-31)24-17-29-32(21-7-3-6-20(27)16-21)26(33)25(24)36-22-8-9-23-19(15-22)5-4-10-28-23/h3-10,15-18H,11-14H2,1-2H3. The first-order chi connectivity index (χ1) is 17.7. The van der Waals surface area contributed by atoms with E-state index in [1.54, 1.807) is 44.3 Å². The van der Waals surface area contributed by atoms with Gasteiger partial charge >= 0.3 is 5.56 Å². The van der Waals surface area contributed by atoms with Crippen LogP contribution in [0.3, 0.4) is 0 Å². The molecule has 1 aliphatic rings. The summed E-state index contributed by atoms with van der Waals surface area (Å²) < 4.78 is 47.8. The van der Waals surface area contributed by atoms with Crippen LogP contribution >= 0.6 is 0 Å². The van der Waals surface area contributed by atoms with E-state index in [1.165, 1.54) is 28.7 Å². The van der Waals surface area contributed by atoms with Crippen LogP contribution in [-0.4, -0.2) is 58.9 Å². The second-order valence-electron chi connectivity index (χ2n) is 9.00. The summed E-state index contributed by atoms with van der Waals surface area (Å²) >= 11 is 0. The lowest BCUT2D eigenvalue weighted by Crippen LogP contribution is -2.50. The van der Waals surface area contributed by atoms with E-state index in [4.69, 9.17) is 4.74 Å². The van der Waals surface area contributed by atoms with E-state index in [0.29, 0.717) is 24.5 Å². The van der Waals surface area contributed by atoms with Crippen LogP contribution in [0.25, 0.3) is 16.6 Å². The van der Waals surface area contributed by atoms with E-state index in [1.807, 2.05) is 17.0 Å². The molecule has 0 aliphatic carbocycles. The number of anilines is 1. The third-order valence-corrected chi connectivity index (χ3v) is 8.57. The van der Waals surface area contributed by atoms with Crippen molar-refractivity contribution in [2.75, 3.05) is 31.1 Å². The monoisotopic (exact) mass is 523 g/mol. The predicted octanol–water partition coefficient (Wildman–Crippen LogP) is 3.57. The van der Waals surface area contributed by atoms with Gasteiger partial charge in [0.25, 0.3) is 0 Å². The summed E-state index contributed by atoms with van der Waals surface area (Å²) in [6, 6.07) is 14.6. The molecule has 0 bridgehead atoms. The van der Waals surface area contributed by atoms with Crippen molar-refractivity contribution >= 4 is 26.6 Å². The summed E-state index contributed by atoms with van der Waals surface area (Å²) in [5.41, 5.74) is 0.915. The molecule has 0 amide bonds. The number of hydrogen-bond donors (Lipinski definition) is 0. The fourth-order valence-corrected chi connectivity index (χ4v) is 5.53. The Bertz CT molecular complexity index is 1620. The van der Waals surface area contributed by atoms with Crippen LogP contribution in [0.2, 0.25) is 0 Å². The molecule has 192 valence electrons. The van der Waals surface area contributed by atoms with E-state index < -0.39 is 26.6 Å². The van der Waals surface area contributed by atoms with Crippen LogP contribution in [0, 0.1) is 5.82 Å². The van der Waals surface area contributed by atoms with Gasteiger partial charge in [0.1, 0.15) is 17.3 Å². The van der Waals surface area contributed by atoms with Gasteiger partial charge in [0, 0.05) is 37.8 Å². The molecule has 3 heterocycles. The minimum absolute atomic E-state index is 0.0164. The Morgan fingerprint density at radius 3 is 2.51 bits per heavy atom. The summed E-state index contributed by atoms with van der Waals surface area (Å²) in [4.78, 5) is 19.8. The molecule has 0 unspecified atom stereocenters. The molecule has 2 aromatic carbocycles. The molecule has 1 fully saturated rings. The lowest BCUT2D eigenvalue weighted by Gasteiger charge is -2.36. The molecule has 0 spiro atoms.